The quantitative estimate of drug-likeness (QED) is 0.164. The highest BCUT2D eigenvalue weighted by Crippen LogP contribution is 2.46. The summed E-state index contributed by atoms with van der Waals surface area (Å²) in [4.78, 5) is 20.3. The van der Waals surface area contributed by atoms with Crippen molar-refractivity contribution in [2.24, 2.45) is 11.8 Å². The Morgan fingerprint density at radius 2 is 2.12 bits per heavy atom. The smallest absolute Gasteiger partial charge is 0.264 e. The number of hydrogen-bond acceptors (Lipinski definition) is 8. The van der Waals surface area contributed by atoms with Gasteiger partial charge in [-0.25, -0.2) is 18.1 Å². The maximum Gasteiger partial charge on any atom is 0.264 e. The Hall–Kier alpha value is -3.18. The second-order valence-electron chi connectivity index (χ2n) is 14.1. The zero-order valence-electron chi connectivity index (χ0n) is 28.7. The van der Waals surface area contributed by atoms with E-state index in [9.17, 15) is 18.3 Å². The van der Waals surface area contributed by atoms with Gasteiger partial charge in [0.2, 0.25) is 10.0 Å². The first-order valence-corrected chi connectivity index (χ1v) is 20.6. The van der Waals surface area contributed by atoms with E-state index >= 15 is 0 Å². The van der Waals surface area contributed by atoms with Crippen LogP contribution in [0, 0.1) is 11.8 Å². The molecule has 1 fully saturated rings. The fraction of sp³-hybridized carbons (Fsp3) is 0.487. The van der Waals surface area contributed by atoms with Crippen molar-refractivity contribution in [2.75, 3.05) is 24.6 Å². The van der Waals surface area contributed by atoms with Crippen LogP contribution in [0.4, 0.5) is 5.69 Å². The number of sulfonamides is 1. The van der Waals surface area contributed by atoms with Crippen LogP contribution in [0.3, 0.4) is 0 Å². The Kier molecular flexibility index (Phi) is 11.7. The number of aryl methyl sites for hydroxylation is 1. The van der Waals surface area contributed by atoms with E-state index < -0.39 is 27.3 Å². The third-order valence-corrected chi connectivity index (χ3v) is 13.5. The van der Waals surface area contributed by atoms with E-state index in [0.29, 0.717) is 43.3 Å². The van der Waals surface area contributed by atoms with Gasteiger partial charge in [0.05, 0.1) is 28.7 Å². The van der Waals surface area contributed by atoms with E-state index in [-0.39, 0.29) is 29.2 Å². The summed E-state index contributed by atoms with van der Waals surface area (Å²) in [5, 5.41) is 13.5. The third-order valence-electron chi connectivity index (χ3n) is 10.7. The van der Waals surface area contributed by atoms with Crippen LogP contribution in [0.1, 0.15) is 84.8 Å². The number of nitrogens with one attached hydrogen (secondary N) is 1. The number of allylic oxidation sites excluding steroid dienone is 2. The molecule has 2 N–H and O–H groups in total. The lowest BCUT2D eigenvalue weighted by atomic mass is 9.68. The van der Waals surface area contributed by atoms with E-state index in [0.717, 1.165) is 55.7 Å². The first-order valence-electron chi connectivity index (χ1n) is 17.8. The highest BCUT2D eigenvalue weighted by atomic mass is 35.5. The molecule has 5 atom stereocenters. The topological polar surface area (TPSA) is 109 Å². The molecule has 6 rings (SSSR count). The van der Waals surface area contributed by atoms with Gasteiger partial charge in [0.15, 0.2) is 0 Å². The molecule has 1 spiro atoms. The zero-order valence-corrected chi connectivity index (χ0v) is 31.1. The summed E-state index contributed by atoms with van der Waals surface area (Å²) in [6, 6.07) is 11.4. The number of halogens is 1. The van der Waals surface area contributed by atoms with Crippen molar-refractivity contribution in [3.05, 3.63) is 99.5 Å². The maximum absolute atomic E-state index is 13.7. The van der Waals surface area contributed by atoms with Crippen molar-refractivity contribution >= 4 is 44.6 Å². The van der Waals surface area contributed by atoms with Crippen LogP contribution in [-0.2, 0) is 28.3 Å². The normalized spacial score (nSPS) is 22.9. The van der Waals surface area contributed by atoms with Crippen LogP contribution in [0.5, 0.6) is 5.75 Å². The van der Waals surface area contributed by atoms with Gasteiger partial charge in [-0.05, 0) is 105 Å². The number of anilines is 1. The molecule has 1 aromatic heterocycles. The first kappa shape index (κ1) is 36.6. The lowest BCUT2D eigenvalue weighted by Gasteiger charge is -2.45. The van der Waals surface area contributed by atoms with E-state index in [1.54, 1.807) is 30.5 Å². The number of aliphatic hydroxyl groups is 1. The van der Waals surface area contributed by atoms with Gasteiger partial charge < -0.3 is 14.7 Å². The number of hydrogen-bond donors (Lipinski definition) is 2. The van der Waals surface area contributed by atoms with Gasteiger partial charge in [0.25, 0.3) is 5.91 Å². The largest absolute Gasteiger partial charge is 0.490 e. The number of ether oxygens (including phenoxy) is 1. The number of aromatic nitrogens is 1. The van der Waals surface area contributed by atoms with Gasteiger partial charge >= 0.3 is 0 Å². The zero-order chi connectivity index (χ0) is 35.3. The molecule has 11 heteroatoms. The van der Waals surface area contributed by atoms with Gasteiger partial charge in [-0.3, -0.25) is 4.79 Å². The number of thiazole rings is 1. The summed E-state index contributed by atoms with van der Waals surface area (Å²) < 4.78 is 36.2. The molecule has 2 aromatic carbocycles. The predicted octanol–water partition coefficient (Wildman–Crippen LogP) is 7.65. The molecule has 2 heterocycles. The standard InChI is InChI=1S/C39H48ClN3O5S2/c1-3-5-7-11-35(44)32-15-12-29(32)24-43-25-39(18-8-9-27-21-30(40)14-16-33(27)39)26-48-36-17-13-28(22-34(36)43)38(45)42-50(46,47)31(10-6-4-2)23-37-41-19-20-49-37/h4,7,11,13-14,16-17,19-22,29,31-32,35,44H,2-3,5-6,8-10,12,15,18,23-26H2,1H3,(H,42,45)/b11-7+/t29-,31?,32-,35?,39-/m0/s1. The van der Waals surface area contributed by atoms with Crippen molar-refractivity contribution in [1.82, 2.24) is 9.71 Å². The number of amides is 1. The van der Waals surface area contributed by atoms with E-state index in [1.165, 1.54) is 22.5 Å². The minimum Gasteiger partial charge on any atom is -0.490 e. The van der Waals surface area contributed by atoms with Crippen LogP contribution >= 0.6 is 22.9 Å². The highest BCUT2D eigenvalue weighted by molar-refractivity contribution is 7.90. The van der Waals surface area contributed by atoms with Crippen LogP contribution in [0.2, 0.25) is 5.02 Å². The summed E-state index contributed by atoms with van der Waals surface area (Å²) in [5.74, 6) is 0.382. The average Bonchev–Trinajstić information content (AvgIpc) is 3.55. The van der Waals surface area contributed by atoms with Gasteiger partial charge in [-0.15, -0.1) is 17.9 Å². The molecule has 0 saturated heterocycles. The molecular formula is C39H48ClN3O5S2. The van der Waals surface area contributed by atoms with Crippen molar-refractivity contribution in [3.63, 3.8) is 0 Å². The number of carbonyl (C=O) groups excluding carboxylic acids is 1. The summed E-state index contributed by atoms with van der Waals surface area (Å²) in [6.07, 6.45) is 14.7. The average molecular weight is 738 g/mol. The van der Waals surface area contributed by atoms with E-state index in [1.807, 2.05) is 17.5 Å². The van der Waals surface area contributed by atoms with E-state index in [2.05, 4.69) is 46.3 Å². The molecule has 1 amide bonds. The van der Waals surface area contributed by atoms with Crippen LogP contribution in [0.25, 0.3) is 0 Å². The van der Waals surface area contributed by atoms with Crippen molar-refractivity contribution < 1.29 is 23.1 Å². The summed E-state index contributed by atoms with van der Waals surface area (Å²) in [6.45, 7) is 7.71. The summed E-state index contributed by atoms with van der Waals surface area (Å²) in [7, 11) is -4.03. The Bertz CT molecular complexity index is 1800. The lowest BCUT2D eigenvalue weighted by molar-refractivity contribution is 0.0456. The number of fused-ring (bicyclic) bond motifs is 3. The predicted molar refractivity (Wildman–Crippen MR) is 202 cm³/mol. The number of unbranched alkanes of at least 4 members (excludes halogenated alkanes) is 1. The van der Waals surface area contributed by atoms with Crippen molar-refractivity contribution in [3.8, 4) is 5.75 Å². The maximum atomic E-state index is 13.7. The fourth-order valence-corrected chi connectivity index (χ4v) is 10.2. The van der Waals surface area contributed by atoms with Crippen molar-refractivity contribution in [1.29, 1.82) is 0 Å². The summed E-state index contributed by atoms with van der Waals surface area (Å²) >= 11 is 7.84. The number of carbonyl (C=O) groups is 1. The Morgan fingerprint density at radius 1 is 1.26 bits per heavy atom. The number of benzene rings is 2. The molecule has 1 saturated carbocycles. The minimum atomic E-state index is -4.03. The Morgan fingerprint density at radius 3 is 2.86 bits per heavy atom. The van der Waals surface area contributed by atoms with Crippen LogP contribution < -0.4 is 14.4 Å². The molecule has 268 valence electrons. The Labute approximate surface area is 305 Å². The molecule has 0 bridgehead atoms. The molecule has 50 heavy (non-hydrogen) atoms. The second-order valence-corrected chi connectivity index (χ2v) is 17.5. The highest BCUT2D eigenvalue weighted by Gasteiger charge is 2.44. The summed E-state index contributed by atoms with van der Waals surface area (Å²) in [5.41, 5.74) is 3.20. The number of nitrogens with zero attached hydrogens (tertiary/aromatic N) is 2. The van der Waals surface area contributed by atoms with Gasteiger partial charge in [0, 0.05) is 47.1 Å². The molecule has 2 aliphatic carbocycles. The van der Waals surface area contributed by atoms with Crippen LogP contribution in [-0.4, -0.2) is 55.5 Å². The first-order chi connectivity index (χ1) is 24.1. The third kappa shape index (κ3) is 8.14. The monoisotopic (exact) mass is 737 g/mol. The molecule has 3 aliphatic rings. The minimum absolute atomic E-state index is 0.145. The Balaban J connectivity index is 1.30. The second kappa shape index (κ2) is 16.0. The fourth-order valence-electron chi connectivity index (χ4n) is 7.85. The molecule has 1 aliphatic heterocycles. The molecule has 3 aromatic rings. The lowest BCUT2D eigenvalue weighted by Crippen LogP contribution is -2.49. The molecule has 2 unspecified atom stereocenters. The van der Waals surface area contributed by atoms with Gasteiger partial charge in [0.1, 0.15) is 5.75 Å². The molecule has 0 radical (unpaired) electrons. The van der Waals surface area contributed by atoms with Crippen LogP contribution in [0.15, 0.2) is 72.8 Å². The number of rotatable bonds is 14. The van der Waals surface area contributed by atoms with Gasteiger partial charge in [-0.2, -0.15) is 0 Å². The van der Waals surface area contributed by atoms with Gasteiger partial charge in [-0.1, -0.05) is 49.2 Å². The molecule has 8 nitrogen and oxygen atoms in total. The molecular weight excluding hydrogens is 690 g/mol. The van der Waals surface area contributed by atoms with Crippen molar-refractivity contribution in [2.45, 2.75) is 87.9 Å². The van der Waals surface area contributed by atoms with E-state index in [4.69, 9.17) is 16.3 Å². The SMILES string of the molecule is C=CCCC(Cc1nccs1)S(=O)(=O)NC(=O)c1ccc2c(c1)N(C[C@@H]1CC[C@@H]1C(O)/C=C/CCC)C[C@@]1(CCCc3cc(Cl)ccc31)CO2. The number of aliphatic hydroxyl groups excluding tert-OH is 1.